The average molecular weight is 315 g/mol. The standard InChI is InChI=1S/C14H28N2.3C2H6/c1-6-7-16-10-12(4)13(5)15-9-14(16)8-11(2)3;3*1-2/h11,14-15H,6-10H2,1-5H3;3*1-2H3. The largest absolute Gasteiger partial charge is 0.387 e. The molecule has 0 spiro atoms. The quantitative estimate of drug-likeness (QED) is 0.675. The number of hydrogen-bond donors (Lipinski definition) is 1. The van der Waals surface area contributed by atoms with Gasteiger partial charge in [0.1, 0.15) is 0 Å². The van der Waals surface area contributed by atoms with Gasteiger partial charge in [0.2, 0.25) is 0 Å². The fourth-order valence-corrected chi connectivity index (χ4v) is 2.43. The highest BCUT2D eigenvalue weighted by Gasteiger charge is 2.22. The second-order valence-electron chi connectivity index (χ2n) is 5.54. The molecule has 0 aromatic carbocycles. The summed E-state index contributed by atoms with van der Waals surface area (Å²) in [5, 5.41) is 3.58. The maximum Gasteiger partial charge on any atom is 0.0300 e. The van der Waals surface area contributed by atoms with Gasteiger partial charge in [0.15, 0.2) is 0 Å². The van der Waals surface area contributed by atoms with Crippen LogP contribution in [-0.4, -0.2) is 30.6 Å². The normalized spacial score (nSPS) is 17.9. The summed E-state index contributed by atoms with van der Waals surface area (Å²) in [5.74, 6) is 0.782. The van der Waals surface area contributed by atoms with Crippen LogP contribution >= 0.6 is 0 Å². The zero-order valence-corrected chi connectivity index (χ0v) is 17.6. The minimum absolute atomic E-state index is 0.701. The zero-order valence-electron chi connectivity index (χ0n) is 17.6. The molecule has 0 fully saturated rings. The number of nitrogens with zero attached hydrogens (tertiary/aromatic N) is 1. The van der Waals surface area contributed by atoms with Crippen molar-refractivity contribution in [2.45, 2.75) is 95.0 Å². The van der Waals surface area contributed by atoms with Crippen molar-refractivity contribution in [3.8, 4) is 0 Å². The van der Waals surface area contributed by atoms with Gasteiger partial charge in [-0.25, -0.2) is 0 Å². The van der Waals surface area contributed by atoms with Crippen LogP contribution in [0.4, 0.5) is 0 Å². The van der Waals surface area contributed by atoms with Crippen LogP contribution in [0, 0.1) is 5.92 Å². The van der Waals surface area contributed by atoms with E-state index in [1.54, 1.807) is 0 Å². The maximum absolute atomic E-state index is 3.58. The Hall–Kier alpha value is -0.500. The van der Waals surface area contributed by atoms with Crippen LogP contribution < -0.4 is 5.32 Å². The van der Waals surface area contributed by atoms with Crippen molar-refractivity contribution in [2.24, 2.45) is 5.92 Å². The summed E-state index contributed by atoms with van der Waals surface area (Å²) in [6, 6.07) is 0.701. The van der Waals surface area contributed by atoms with E-state index in [9.17, 15) is 0 Å². The van der Waals surface area contributed by atoms with Gasteiger partial charge in [-0.05, 0) is 44.7 Å². The molecule has 0 bridgehead atoms. The first-order chi connectivity index (χ1) is 10.5. The Bertz CT molecular complexity index is 244. The topological polar surface area (TPSA) is 15.3 Å². The van der Waals surface area contributed by atoms with Crippen molar-refractivity contribution < 1.29 is 0 Å². The van der Waals surface area contributed by atoms with Crippen LogP contribution in [0.1, 0.15) is 89.0 Å². The Kier molecular flexibility index (Phi) is 22.3. The fraction of sp³-hybridized carbons (Fsp3) is 0.900. The number of nitrogens with one attached hydrogen (secondary N) is 1. The monoisotopic (exact) mass is 314 g/mol. The lowest BCUT2D eigenvalue weighted by Gasteiger charge is -2.31. The van der Waals surface area contributed by atoms with Gasteiger partial charge in [-0.3, -0.25) is 4.90 Å². The van der Waals surface area contributed by atoms with Crippen LogP contribution in [0.15, 0.2) is 11.3 Å². The van der Waals surface area contributed by atoms with Crippen molar-refractivity contribution in [1.82, 2.24) is 10.2 Å². The number of hydrogen-bond acceptors (Lipinski definition) is 2. The molecule has 1 unspecified atom stereocenters. The third-order valence-electron chi connectivity index (χ3n) is 3.45. The molecule has 0 saturated carbocycles. The number of allylic oxidation sites excluding steroid dienone is 1. The molecule has 1 atom stereocenters. The Morgan fingerprint density at radius 3 is 1.95 bits per heavy atom. The molecule has 1 aliphatic heterocycles. The first-order valence-corrected chi connectivity index (χ1v) is 9.68. The van der Waals surface area contributed by atoms with Crippen LogP contribution in [0.3, 0.4) is 0 Å². The van der Waals surface area contributed by atoms with Gasteiger partial charge in [0, 0.05) is 24.8 Å². The predicted octanol–water partition coefficient (Wildman–Crippen LogP) is 6.09. The first-order valence-electron chi connectivity index (χ1n) is 9.68. The van der Waals surface area contributed by atoms with E-state index < -0.39 is 0 Å². The molecule has 0 aromatic rings. The summed E-state index contributed by atoms with van der Waals surface area (Å²) in [5.41, 5.74) is 2.88. The molecule has 0 saturated heterocycles. The molecule has 1 aliphatic rings. The van der Waals surface area contributed by atoms with E-state index in [1.807, 2.05) is 41.5 Å². The van der Waals surface area contributed by atoms with Crippen molar-refractivity contribution in [2.75, 3.05) is 19.6 Å². The van der Waals surface area contributed by atoms with Crippen molar-refractivity contribution >= 4 is 0 Å². The van der Waals surface area contributed by atoms with Crippen LogP contribution in [-0.2, 0) is 0 Å². The second kappa shape index (κ2) is 18.5. The van der Waals surface area contributed by atoms with Gasteiger partial charge in [0.05, 0.1) is 0 Å². The van der Waals surface area contributed by atoms with Gasteiger partial charge in [-0.15, -0.1) is 0 Å². The summed E-state index contributed by atoms with van der Waals surface area (Å²) in [6.45, 7) is 26.9. The summed E-state index contributed by atoms with van der Waals surface area (Å²) in [4.78, 5) is 2.65. The minimum Gasteiger partial charge on any atom is -0.387 e. The molecule has 0 amide bonds. The molecule has 1 rings (SSSR count). The fourth-order valence-electron chi connectivity index (χ4n) is 2.43. The summed E-state index contributed by atoms with van der Waals surface area (Å²) < 4.78 is 0. The molecular formula is C20H46N2. The van der Waals surface area contributed by atoms with E-state index in [1.165, 1.54) is 30.7 Å². The third kappa shape index (κ3) is 12.1. The van der Waals surface area contributed by atoms with Crippen LogP contribution in [0.2, 0.25) is 0 Å². The van der Waals surface area contributed by atoms with Gasteiger partial charge < -0.3 is 5.32 Å². The Balaban J connectivity index is -0.000000535. The molecule has 1 heterocycles. The summed E-state index contributed by atoms with van der Waals surface area (Å²) >= 11 is 0. The number of rotatable bonds is 4. The van der Waals surface area contributed by atoms with E-state index in [0.29, 0.717) is 6.04 Å². The lowest BCUT2D eigenvalue weighted by molar-refractivity contribution is 0.192. The molecule has 0 radical (unpaired) electrons. The Morgan fingerprint density at radius 1 is 1.05 bits per heavy atom. The molecule has 22 heavy (non-hydrogen) atoms. The van der Waals surface area contributed by atoms with Gasteiger partial charge in [-0.2, -0.15) is 0 Å². The van der Waals surface area contributed by atoms with E-state index in [-0.39, 0.29) is 0 Å². The average Bonchev–Trinajstić information content (AvgIpc) is 2.67. The van der Waals surface area contributed by atoms with E-state index >= 15 is 0 Å². The molecule has 0 aromatic heterocycles. The SMILES string of the molecule is CC.CC.CC.CCCN1CC(C)=C(C)NCC1CC(C)C. The lowest BCUT2D eigenvalue weighted by Crippen LogP contribution is -2.41. The lowest BCUT2D eigenvalue weighted by atomic mass is 10.0. The van der Waals surface area contributed by atoms with Gasteiger partial charge >= 0.3 is 0 Å². The van der Waals surface area contributed by atoms with E-state index in [2.05, 4.69) is 44.8 Å². The predicted molar refractivity (Wildman–Crippen MR) is 106 cm³/mol. The van der Waals surface area contributed by atoms with Crippen molar-refractivity contribution in [3.63, 3.8) is 0 Å². The Labute approximate surface area is 142 Å². The molecule has 2 heteroatoms. The molecule has 1 N–H and O–H groups in total. The highest BCUT2D eigenvalue weighted by Crippen LogP contribution is 2.17. The van der Waals surface area contributed by atoms with E-state index in [0.717, 1.165) is 19.0 Å². The second-order valence-corrected chi connectivity index (χ2v) is 5.54. The molecule has 0 aliphatic carbocycles. The zero-order chi connectivity index (χ0) is 18.1. The minimum atomic E-state index is 0.701. The van der Waals surface area contributed by atoms with Crippen LogP contribution in [0.5, 0.6) is 0 Å². The molecule has 136 valence electrons. The summed E-state index contributed by atoms with van der Waals surface area (Å²) in [7, 11) is 0. The highest BCUT2D eigenvalue weighted by atomic mass is 15.2. The maximum atomic E-state index is 3.58. The molecule has 2 nitrogen and oxygen atoms in total. The van der Waals surface area contributed by atoms with Crippen molar-refractivity contribution in [1.29, 1.82) is 0 Å². The van der Waals surface area contributed by atoms with Gasteiger partial charge in [-0.1, -0.05) is 62.3 Å². The molecular weight excluding hydrogens is 268 g/mol. The first kappa shape index (κ1) is 26.4. The Morgan fingerprint density at radius 2 is 1.55 bits per heavy atom. The van der Waals surface area contributed by atoms with Gasteiger partial charge in [0.25, 0.3) is 0 Å². The smallest absolute Gasteiger partial charge is 0.0300 e. The summed E-state index contributed by atoms with van der Waals surface area (Å²) in [6.07, 6.45) is 2.55. The third-order valence-corrected chi connectivity index (χ3v) is 3.45. The van der Waals surface area contributed by atoms with Crippen LogP contribution in [0.25, 0.3) is 0 Å². The van der Waals surface area contributed by atoms with Crippen molar-refractivity contribution in [3.05, 3.63) is 11.3 Å². The highest BCUT2D eigenvalue weighted by molar-refractivity contribution is 5.12. The van der Waals surface area contributed by atoms with E-state index in [4.69, 9.17) is 0 Å².